The summed E-state index contributed by atoms with van der Waals surface area (Å²) >= 11 is 0. The number of carbonyl (C=O) groups is 1. The quantitative estimate of drug-likeness (QED) is 0.742. The molecule has 0 saturated heterocycles. The molecule has 3 aromatic rings. The van der Waals surface area contributed by atoms with Gasteiger partial charge in [-0.25, -0.2) is 9.89 Å². The van der Waals surface area contributed by atoms with Gasteiger partial charge in [0.25, 0.3) is 5.91 Å². The van der Waals surface area contributed by atoms with E-state index in [1.165, 1.54) is 0 Å². The van der Waals surface area contributed by atoms with Gasteiger partial charge in [0.15, 0.2) is 0 Å². The minimum absolute atomic E-state index is 0.0307. The number of H-pyrrole nitrogens is 1. The lowest BCUT2D eigenvalue weighted by Gasteiger charge is -2.16. The fraction of sp³-hybridized carbons (Fsp3) is 0.294. The smallest absolute Gasteiger partial charge is 0.343 e. The summed E-state index contributed by atoms with van der Waals surface area (Å²) in [5.41, 5.74) is 1.31. The third-order valence-electron chi connectivity index (χ3n) is 4.46. The largest absolute Gasteiger partial charge is 0.349 e. The maximum Gasteiger partial charge on any atom is 0.343 e. The number of nitrogens with one attached hydrogen (secondary N) is 2. The highest BCUT2D eigenvalue weighted by Gasteiger charge is 2.20. The van der Waals surface area contributed by atoms with Crippen LogP contribution in [-0.4, -0.2) is 31.7 Å². The number of fused-ring (bicyclic) bond motifs is 2. The van der Waals surface area contributed by atoms with E-state index in [0.717, 1.165) is 23.1 Å². The van der Waals surface area contributed by atoms with Crippen LogP contribution in [0.5, 0.6) is 0 Å². The van der Waals surface area contributed by atoms with E-state index in [2.05, 4.69) is 20.5 Å². The van der Waals surface area contributed by atoms with Gasteiger partial charge in [-0.15, -0.1) is 0 Å². The Labute approximate surface area is 137 Å². The van der Waals surface area contributed by atoms with E-state index in [-0.39, 0.29) is 17.6 Å². The summed E-state index contributed by atoms with van der Waals surface area (Å²) in [6, 6.07) is 9.32. The molecule has 1 aliphatic rings. The maximum atomic E-state index is 12.5. The number of amides is 1. The lowest BCUT2D eigenvalue weighted by atomic mass is 10.1. The van der Waals surface area contributed by atoms with Crippen LogP contribution in [0.4, 0.5) is 0 Å². The average molecular weight is 323 g/mol. The molecule has 0 bridgehead atoms. The van der Waals surface area contributed by atoms with E-state index < -0.39 is 0 Å². The summed E-state index contributed by atoms with van der Waals surface area (Å²) in [6.45, 7) is 0.567. The van der Waals surface area contributed by atoms with Crippen molar-refractivity contribution in [2.24, 2.45) is 0 Å². The Bertz CT molecular complexity index is 959. The second-order valence-corrected chi connectivity index (χ2v) is 6.01. The molecule has 0 aliphatic carbocycles. The van der Waals surface area contributed by atoms with E-state index in [4.69, 9.17) is 0 Å². The Hall–Kier alpha value is -2.96. The van der Waals surface area contributed by atoms with E-state index in [9.17, 15) is 9.59 Å². The number of pyridine rings is 1. The van der Waals surface area contributed by atoms with Gasteiger partial charge in [-0.1, -0.05) is 6.07 Å². The molecule has 0 fully saturated rings. The third-order valence-corrected chi connectivity index (χ3v) is 4.46. The van der Waals surface area contributed by atoms with E-state index in [1.54, 1.807) is 16.8 Å². The first-order valence-corrected chi connectivity index (χ1v) is 8.00. The number of benzene rings is 1. The number of rotatable bonds is 2. The molecule has 2 aromatic heterocycles. The molecule has 122 valence electrons. The summed E-state index contributed by atoms with van der Waals surface area (Å²) in [5.74, 6) is 0.660. The summed E-state index contributed by atoms with van der Waals surface area (Å²) in [5, 5.41) is 10.5. The SMILES string of the molecule is O=C(NC1CCc2n[nH]c(=O)n2CC1)c1ccc2ncccc2c1. The molecule has 1 aromatic carbocycles. The summed E-state index contributed by atoms with van der Waals surface area (Å²) < 4.78 is 1.65. The molecule has 0 saturated carbocycles. The first kappa shape index (κ1) is 14.6. The van der Waals surface area contributed by atoms with Crippen molar-refractivity contribution in [2.45, 2.75) is 31.8 Å². The molecule has 3 heterocycles. The molecular formula is C17H17N5O2. The molecule has 7 heteroatoms. The number of hydrogen-bond acceptors (Lipinski definition) is 4. The minimum atomic E-state index is -0.181. The molecule has 1 atom stereocenters. The van der Waals surface area contributed by atoms with E-state index in [0.29, 0.717) is 24.9 Å². The lowest BCUT2D eigenvalue weighted by molar-refractivity contribution is 0.0933. The second-order valence-electron chi connectivity index (χ2n) is 6.01. The molecule has 1 amide bonds. The van der Waals surface area contributed by atoms with Gasteiger partial charge in [0.1, 0.15) is 5.82 Å². The molecule has 2 N–H and O–H groups in total. The van der Waals surface area contributed by atoms with Gasteiger partial charge in [-0.05, 0) is 37.1 Å². The van der Waals surface area contributed by atoms with Crippen LogP contribution in [0, 0.1) is 0 Å². The molecule has 24 heavy (non-hydrogen) atoms. The maximum absolute atomic E-state index is 12.5. The molecular weight excluding hydrogens is 306 g/mol. The minimum Gasteiger partial charge on any atom is -0.349 e. The molecule has 0 spiro atoms. The van der Waals surface area contributed by atoms with Crippen LogP contribution in [0.3, 0.4) is 0 Å². The predicted molar refractivity (Wildman–Crippen MR) is 88.8 cm³/mol. The monoisotopic (exact) mass is 323 g/mol. The summed E-state index contributed by atoms with van der Waals surface area (Å²) in [6.07, 6.45) is 3.89. The predicted octanol–water partition coefficient (Wildman–Crippen LogP) is 1.25. The normalized spacial score (nSPS) is 17.2. The fourth-order valence-corrected chi connectivity index (χ4v) is 3.13. The van der Waals surface area contributed by atoms with Gasteiger partial charge < -0.3 is 5.32 Å². The topological polar surface area (TPSA) is 92.7 Å². The zero-order valence-electron chi connectivity index (χ0n) is 13.0. The Balaban J connectivity index is 1.48. The van der Waals surface area contributed by atoms with Crippen LogP contribution in [0.1, 0.15) is 29.0 Å². The number of aromatic nitrogens is 4. The van der Waals surface area contributed by atoms with Crippen molar-refractivity contribution in [3.63, 3.8) is 0 Å². The third kappa shape index (κ3) is 2.68. The first-order chi connectivity index (χ1) is 11.7. The highest BCUT2D eigenvalue weighted by molar-refractivity contribution is 5.98. The van der Waals surface area contributed by atoms with Gasteiger partial charge in [0.2, 0.25) is 0 Å². The van der Waals surface area contributed by atoms with Crippen molar-refractivity contribution in [2.75, 3.05) is 0 Å². The van der Waals surface area contributed by atoms with Gasteiger partial charge in [0.05, 0.1) is 5.52 Å². The van der Waals surface area contributed by atoms with Crippen LogP contribution < -0.4 is 11.0 Å². The Morgan fingerprint density at radius 1 is 1.29 bits per heavy atom. The molecule has 4 rings (SSSR count). The van der Waals surface area contributed by atoms with Crippen molar-refractivity contribution >= 4 is 16.8 Å². The summed E-state index contributed by atoms with van der Waals surface area (Å²) in [7, 11) is 0. The number of carbonyl (C=O) groups excluding carboxylic acids is 1. The van der Waals surface area contributed by atoms with Crippen molar-refractivity contribution in [1.29, 1.82) is 0 Å². The standard InChI is InChI=1S/C17H17N5O2/c23-16(12-3-5-14-11(10-12)2-1-8-18-14)19-13-4-6-15-20-21-17(24)22(15)9-7-13/h1-3,5,8,10,13H,4,6-7,9H2,(H,19,23)(H,21,24). The molecule has 1 unspecified atom stereocenters. The van der Waals surface area contributed by atoms with E-state index in [1.807, 2.05) is 24.3 Å². The molecule has 1 aliphatic heterocycles. The van der Waals surface area contributed by atoms with Gasteiger partial charge >= 0.3 is 5.69 Å². The van der Waals surface area contributed by atoms with Crippen LogP contribution >= 0.6 is 0 Å². The van der Waals surface area contributed by atoms with Gasteiger partial charge in [-0.3, -0.25) is 14.3 Å². The fourth-order valence-electron chi connectivity index (χ4n) is 3.13. The van der Waals surface area contributed by atoms with Crippen LogP contribution in [0.15, 0.2) is 41.3 Å². The number of nitrogens with zero attached hydrogens (tertiary/aromatic N) is 3. The molecule has 7 nitrogen and oxygen atoms in total. The first-order valence-electron chi connectivity index (χ1n) is 8.00. The van der Waals surface area contributed by atoms with Crippen molar-refractivity contribution in [3.8, 4) is 0 Å². The molecule has 0 radical (unpaired) electrons. The Morgan fingerprint density at radius 2 is 2.21 bits per heavy atom. The lowest BCUT2D eigenvalue weighted by Crippen LogP contribution is -2.35. The Morgan fingerprint density at radius 3 is 3.12 bits per heavy atom. The van der Waals surface area contributed by atoms with E-state index >= 15 is 0 Å². The number of aromatic amines is 1. The van der Waals surface area contributed by atoms with Crippen molar-refractivity contribution < 1.29 is 4.79 Å². The number of hydrogen-bond donors (Lipinski definition) is 2. The number of aryl methyl sites for hydroxylation is 1. The van der Waals surface area contributed by atoms with Crippen LogP contribution in [0.25, 0.3) is 10.9 Å². The average Bonchev–Trinajstić information content (AvgIpc) is 2.84. The Kier molecular flexibility index (Phi) is 3.60. The highest BCUT2D eigenvalue weighted by Crippen LogP contribution is 2.15. The second kappa shape index (κ2) is 5.92. The van der Waals surface area contributed by atoms with Gasteiger partial charge in [0, 0.05) is 36.2 Å². The zero-order chi connectivity index (χ0) is 16.5. The van der Waals surface area contributed by atoms with Gasteiger partial charge in [-0.2, -0.15) is 5.10 Å². The van der Waals surface area contributed by atoms with Crippen LogP contribution in [0.2, 0.25) is 0 Å². The van der Waals surface area contributed by atoms with Crippen LogP contribution in [-0.2, 0) is 13.0 Å². The summed E-state index contributed by atoms with van der Waals surface area (Å²) in [4.78, 5) is 28.4. The highest BCUT2D eigenvalue weighted by atomic mass is 16.2. The van der Waals surface area contributed by atoms with Crippen molar-refractivity contribution in [3.05, 3.63) is 58.4 Å². The van der Waals surface area contributed by atoms with Crippen molar-refractivity contribution in [1.82, 2.24) is 25.1 Å². The zero-order valence-corrected chi connectivity index (χ0v) is 13.0.